The van der Waals surface area contributed by atoms with Crippen molar-refractivity contribution < 1.29 is 18.6 Å². The monoisotopic (exact) mass is 441 g/mol. The van der Waals surface area contributed by atoms with Gasteiger partial charge >= 0.3 is 0 Å². The highest BCUT2D eigenvalue weighted by atomic mass is 28.4. The van der Waals surface area contributed by atoms with Crippen LogP contribution in [0.3, 0.4) is 0 Å². The highest BCUT2D eigenvalue weighted by Crippen LogP contribution is 2.38. The van der Waals surface area contributed by atoms with E-state index < -0.39 is 14.1 Å². The first kappa shape index (κ1) is 22.6. The van der Waals surface area contributed by atoms with Crippen LogP contribution >= 0.6 is 0 Å². The number of benzene rings is 2. The van der Waals surface area contributed by atoms with E-state index in [1.165, 1.54) is 10.4 Å². The summed E-state index contributed by atoms with van der Waals surface area (Å²) in [5, 5.41) is 2.39. The second kappa shape index (κ2) is 8.43. The standard InChI is InChI=1S/C25H35NO4Si/c1-24(2,3)31(18-12-8-6-9-13-18,19-14-10-7-11-15-19)28-16-20(26)22-23(21-17-27-21)30-25(4,5)29-22/h6-15,20-23H,16-17,26H2,1-5H3/t20-,21-,22+,23+/m0/s1. The van der Waals surface area contributed by atoms with Gasteiger partial charge in [0.15, 0.2) is 5.79 Å². The number of epoxide rings is 1. The Kier molecular flexibility index (Phi) is 6.16. The Balaban J connectivity index is 1.65. The third-order valence-electron chi connectivity index (χ3n) is 6.22. The summed E-state index contributed by atoms with van der Waals surface area (Å²) in [5.41, 5.74) is 6.70. The number of ether oxygens (including phenoxy) is 3. The van der Waals surface area contributed by atoms with Crippen LogP contribution in [0.2, 0.25) is 5.04 Å². The molecule has 0 radical (unpaired) electrons. The first-order chi connectivity index (χ1) is 14.6. The van der Waals surface area contributed by atoms with E-state index in [9.17, 15) is 0 Å². The third-order valence-corrected chi connectivity index (χ3v) is 11.2. The summed E-state index contributed by atoms with van der Waals surface area (Å²) in [6.07, 6.45) is -0.362. The van der Waals surface area contributed by atoms with E-state index in [2.05, 4.69) is 69.3 Å². The maximum Gasteiger partial charge on any atom is 0.261 e. The minimum Gasteiger partial charge on any atom is -0.406 e. The van der Waals surface area contributed by atoms with Gasteiger partial charge in [-0.3, -0.25) is 0 Å². The van der Waals surface area contributed by atoms with E-state index in [0.717, 1.165) is 0 Å². The molecule has 2 saturated heterocycles. The molecule has 2 N–H and O–H groups in total. The van der Waals surface area contributed by atoms with Crippen molar-refractivity contribution in [1.82, 2.24) is 0 Å². The molecule has 2 fully saturated rings. The molecule has 2 aromatic rings. The highest BCUT2D eigenvalue weighted by molar-refractivity contribution is 6.99. The molecule has 4 rings (SSSR count). The minimum atomic E-state index is -2.64. The van der Waals surface area contributed by atoms with Crippen LogP contribution in [0.1, 0.15) is 34.6 Å². The first-order valence-electron chi connectivity index (χ1n) is 11.1. The molecule has 168 valence electrons. The van der Waals surface area contributed by atoms with Crippen molar-refractivity contribution in [3.63, 3.8) is 0 Å². The molecule has 0 aliphatic carbocycles. The van der Waals surface area contributed by atoms with Gasteiger partial charge in [0.05, 0.1) is 19.3 Å². The molecular formula is C25H35NO4Si. The summed E-state index contributed by atoms with van der Waals surface area (Å²) in [6, 6.07) is 20.9. The predicted molar refractivity (Wildman–Crippen MR) is 125 cm³/mol. The van der Waals surface area contributed by atoms with E-state index in [0.29, 0.717) is 13.2 Å². The Morgan fingerprint density at radius 3 is 1.97 bits per heavy atom. The fourth-order valence-electron chi connectivity index (χ4n) is 4.76. The summed E-state index contributed by atoms with van der Waals surface area (Å²) in [5.74, 6) is -0.670. The van der Waals surface area contributed by atoms with Crippen molar-refractivity contribution in [2.45, 2.75) is 69.8 Å². The summed E-state index contributed by atoms with van der Waals surface area (Å²) in [7, 11) is -2.64. The zero-order valence-electron chi connectivity index (χ0n) is 19.2. The lowest BCUT2D eigenvalue weighted by Gasteiger charge is -2.43. The molecule has 6 heteroatoms. The van der Waals surface area contributed by atoms with Gasteiger partial charge in [0, 0.05) is 0 Å². The van der Waals surface area contributed by atoms with Crippen LogP contribution in [-0.2, 0) is 18.6 Å². The van der Waals surface area contributed by atoms with Crippen molar-refractivity contribution >= 4 is 18.7 Å². The molecule has 2 heterocycles. The lowest BCUT2D eigenvalue weighted by atomic mass is 10.1. The van der Waals surface area contributed by atoms with E-state index in [1.54, 1.807) is 0 Å². The Bertz CT molecular complexity index is 825. The largest absolute Gasteiger partial charge is 0.406 e. The van der Waals surface area contributed by atoms with E-state index in [4.69, 9.17) is 24.4 Å². The van der Waals surface area contributed by atoms with Crippen LogP contribution in [-0.4, -0.2) is 51.7 Å². The Morgan fingerprint density at radius 1 is 1.00 bits per heavy atom. The number of hydrogen-bond acceptors (Lipinski definition) is 5. The van der Waals surface area contributed by atoms with Crippen molar-refractivity contribution in [2.75, 3.05) is 13.2 Å². The predicted octanol–water partition coefficient (Wildman–Crippen LogP) is 2.81. The molecule has 0 unspecified atom stereocenters. The van der Waals surface area contributed by atoms with Crippen LogP contribution in [0.25, 0.3) is 0 Å². The lowest BCUT2D eigenvalue weighted by Crippen LogP contribution is -2.67. The normalized spacial score (nSPS) is 26.6. The minimum absolute atomic E-state index is 0.0608. The van der Waals surface area contributed by atoms with Crippen LogP contribution in [0.4, 0.5) is 0 Å². The van der Waals surface area contributed by atoms with Gasteiger partial charge in [-0.2, -0.15) is 0 Å². The van der Waals surface area contributed by atoms with Gasteiger partial charge in [-0.15, -0.1) is 0 Å². The highest BCUT2D eigenvalue weighted by Gasteiger charge is 2.54. The zero-order valence-corrected chi connectivity index (χ0v) is 20.2. The maximum atomic E-state index is 6.99. The van der Waals surface area contributed by atoms with Gasteiger partial charge in [0.1, 0.15) is 18.3 Å². The van der Waals surface area contributed by atoms with Crippen LogP contribution in [0.15, 0.2) is 60.7 Å². The number of rotatable bonds is 7. The van der Waals surface area contributed by atoms with Crippen LogP contribution < -0.4 is 16.1 Å². The smallest absolute Gasteiger partial charge is 0.261 e. The molecule has 2 aliphatic heterocycles. The summed E-state index contributed by atoms with van der Waals surface area (Å²) < 4.78 is 24.8. The average molecular weight is 442 g/mol. The second-order valence-electron chi connectivity index (χ2n) is 10.1. The van der Waals surface area contributed by atoms with Crippen molar-refractivity contribution in [2.24, 2.45) is 5.73 Å². The molecule has 0 aromatic heterocycles. The number of hydrogen-bond donors (Lipinski definition) is 1. The average Bonchev–Trinajstić information content (AvgIpc) is 3.52. The van der Waals surface area contributed by atoms with E-state index >= 15 is 0 Å². The molecule has 0 amide bonds. The molecule has 4 atom stereocenters. The Morgan fingerprint density at radius 2 is 1.52 bits per heavy atom. The van der Waals surface area contributed by atoms with Crippen molar-refractivity contribution in [3.8, 4) is 0 Å². The van der Waals surface area contributed by atoms with Gasteiger partial charge in [0.25, 0.3) is 8.32 Å². The van der Waals surface area contributed by atoms with Gasteiger partial charge in [-0.1, -0.05) is 81.4 Å². The first-order valence-corrected chi connectivity index (χ1v) is 13.0. The maximum absolute atomic E-state index is 6.99. The van der Waals surface area contributed by atoms with Crippen LogP contribution in [0, 0.1) is 0 Å². The zero-order chi connectivity index (χ0) is 22.3. The fourth-order valence-corrected chi connectivity index (χ4v) is 9.36. The molecule has 0 bridgehead atoms. The van der Waals surface area contributed by atoms with Gasteiger partial charge in [-0.25, -0.2) is 0 Å². The molecule has 0 saturated carbocycles. The number of nitrogens with two attached hydrogens (primary N) is 1. The van der Waals surface area contributed by atoms with Gasteiger partial charge < -0.3 is 24.4 Å². The molecule has 31 heavy (non-hydrogen) atoms. The van der Waals surface area contributed by atoms with Gasteiger partial charge in [-0.05, 0) is 29.3 Å². The second-order valence-corrected chi connectivity index (χ2v) is 14.4. The third kappa shape index (κ3) is 4.51. The molecule has 2 aromatic carbocycles. The van der Waals surface area contributed by atoms with Crippen molar-refractivity contribution in [3.05, 3.63) is 60.7 Å². The van der Waals surface area contributed by atoms with Crippen LogP contribution in [0.5, 0.6) is 0 Å². The van der Waals surface area contributed by atoms with Crippen molar-refractivity contribution in [1.29, 1.82) is 0 Å². The fraction of sp³-hybridized carbons (Fsp3) is 0.520. The summed E-state index contributed by atoms with van der Waals surface area (Å²) >= 11 is 0. The van der Waals surface area contributed by atoms with E-state index in [1.807, 2.05) is 26.0 Å². The molecule has 2 aliphatic rings. The molecule has 5 nitrogen and oxygen atoms in total. The van der Waals surface area contributed by atoms with Gasteiger partial charge in [0.2, 0.25) is 0 Å². The lowest BCUT2D eigenvalue weighted by molar-refractivity contribution is -0.149. The topological polar surface area (TPSA) is 66.2 Å². The summed E-state index contributed by atoms with van der Waals surface area (Å²) in [6.45, 7) is 11.7. The Labute approximate surface area is 187 Å². The SMILES string of the molecule is CC1(C)O[C@H]([C@@H]2CO2)[C@@H]([C@@H](N)CO[Si](c2ccccc2)(c2ccccc2)C(C)(C)C)O1. The Hall–Kier alpha value is -1.54. The molecular weight excluding hydrogens is 406 g/mol. The van der Waals surface area contributed by atoms with E-state index in [-0.39, 0.29) is 29.4 Å². The quantitative estimate of drug-likeness (QED) is 0.529. The molecule has 0 spiro atoms. The summed E-state index contributed by atoms with van der Waals surface area (Å²) in [4.78, 5) is 0.